The molecule has 0 atom stereocenters. The molecule has 0 fully saturated rings. The Labute approximate surface area is 90.4 Å². The van der Waals surface area contributed by atoms with E-state index in [0.29, 0.717) is 13.2 Å². The van der Waals surface area contributed by atoms with Crippen LogP contribution < -0.4 is 5.73 Å². The van der Waals surface area contributed by atoms with Gasteiger partial charge in [0, 0.05) is 13.5 Å². The lowest BCUT2D eigenvalue weighted by molar-refractivity contribution is -0.134. The molecular formula is C11H19NO3. The van der Waals surface area contributed by atoms with Gasteiger partial charge in [-0.05, 0) is 18.4 Å². The van der Waals surface area contributed by atoms with Crippen molar-refractivity contribution in [3.05, 3.63) is 23.8 Å². The molecule has 4 nitrogen and oxygen atoms in total. The lowest BCUT2D eigenvalue weighted by Crippen LogP contribution is -2.09. The minimum absolute atomic E-state index is 0.620. The highest BCUT2D eigenvalue weighted by molar-refractivity contribution is 5.62. The predicted octanol–water partition coefficient (Wildman–Crippen LogP) is 1.33. The van der Waals surface area contributed by atoms with Crippen LogP contribution in [-0.2, 0) is 9.53 Å². The third-order valence-corrected chi connectivity index (χ3v) is 1.65. The van der Waals surface area contributed by atoms with Crippen LogP contribution in [0.2, 0.25) is 0 Å². The largest absolute Gasteiger partial charge is 0.481 e. The molecular weight excluding hydrogens is 194 g/mol. The van der Waals surface area contributed by atoms with Crippen molar-refractivity contribution in [2.24, 2.45) is 5.73 Å². The average molecular weight is 213 g/mol. The SMILES string of the molecule is CC(=O)O.NCCOCCC1=CCC=C1. The smallest absolute Gasteiger partial charge is 0.300 e. The molecule has 0 saturated carbocycles. The van der Waals surface area contributed by atoms with Crippen molar-refractivity contribution in [2.75, 3.05) is 19.8 Å². The Balaban J connectivity index is 0.000000423. The van der Waals surface area contributed by atoms with E-state index in [0.717, 1.165) is 26.4 Å². The summed E-state index contributed by atoms with van der Waals surface area (Å²) in [6.07, 6.45) is 8.67. The van der Waals surface area contributed by atoms with Gasteiger partial charge >= 0.3 is 0 Å². The first-order chi connectivity index (χ1) is 7.16. The van der Waals surface area contributed by atoms with Gasteiger partial charge in [0.15, 0.2) is 0 Å². The van der Waals surface area contributed by atoms with E-state index in [9.17, 15) is 0 Å². The second-order valence-electron chi connectivity index (χ2n) is 3.09. The molecule has 0 saturated heterocycles. The summed E-state index contributed by atoms with van der Waals surface area (Å²) in [4.78, 5) is 9.00. The molecule has 0 aliphatic heterocycles. The highest BCUT2D eigenvalue weighted by Gasteiger charge is 1.96. The van der Waals surface area contributed by atoms with Gasteiger partial charge in [-0.25, -0.2) is 0 Å². The normalized spacial score (nSPS) is 13.1. The molecule has 0 bridgehead atoms. The Morgan fingerprint density at radius 1 is 1.60 bits per heavy atom. The number of carbonyl (C=O) groups is 1. The first kappa shape index (κ1) is 13.9. The van der Waals surface area contributed by atoms with Crippen molar-refractivity contribution in [3.63, 3.8) is 0 Å². The number of rotatable bonds is 5. The van der Waals surface area contributed by atoms with Gasteiger partial charge in [0.1, 0.15) is 0 Å². The summed E-state index contributed by atoms with van der Waals surface area (Å²) < 4.78 is 5.24. The number of carboxylic acids is 1. The molecule has 0 aromatic rings. The van der Waals surface area contributed by atoms with Crippen LogP contribution in [0.25, 0.3) is 0 Å². The molecule has 1 rings (SSSR count). The van der Waals surface area contributed by atoms with Crippen LogP contribution in [0.4, 0.5) is 0 Å². The van der Waals surface area contributed by atoms with Crippen molar-refractivity contribution in [2.45, 2.75) is 19.8 Å². The number of hydrogen-bond donors (Lipinski definition) is 2. The van der Waals surface area contributed by atoms with Crippen LogP contribution in [0.3, 0.4) is 0 Å². The van der Waals surface area contributed by atoms with Crippen molar-refractivity contribution in [1.29, 1.82) is 0 Å². The first-order valence-corrected chi connectivity index (χ1v) is 4.99. The molecule has 1 aliphatic carbocycles. The van der Waals surface area contributed by atoms with Gasteiger partial charge < -0.3 is 15.6 Å². The zero-order valence-corrected chi connectivity index (χ0v) is 9.11. The molecule has 0 spiro atoms. The fourth-order valence-electron chi connectivity index (χ4n) is 1.07. The van der Waals surface area contributed by atoms with Crippen LogP contribution in [-0.4, -0.2) is 30.8 Å². The summed E-state index contributed by atoms with van der Waals surface area (Å²) in [5.74, 6) is -0.833. The minimum atomic E-state index is -0.833. The van der Waals surface area contributed by atoms with Crippen LogP contribution in [0, 0.1) is 0 Å². The van der Waals surface area contributed by atoms with Gasteiger partial charge in [0.25, 0.3) is 5.97 Å². The number of allylic oxidation sites excluding steroid dienone is 3. The number of hydrogen-bond acceptors (Lipinski definition) is 3. The Morgan fingerprint density at radius 2 is 2.27 bits per heavy atom. The van der Waals surface area contributed by atoms with E-state index in [1.54, 1.807) is 0 Å². The maximum Gasteiger partial charge on any atom is 0.300 e. The van der Waals surface area contributed by atoms with Gasteiger partial charge in [-0.3, -0.25) is 4.79 Å². The van der Waals surface area contributed by atoms with Crippen molar-refractivity contribution in [1.82, 2.24) is 0 Å². The molecule has 0 aromatic heterocycles. The third-order valence-electron chi connectivity index (χ3n) is 1.65. The van der Waals surface area contributed by atoms with E-state index >= 15 is 0 Å². The molecule has 0 aromatic carbocycles. The van der Waals surface area contributed by atoms with Gasteiger partial charge in [-0.1, -0.05) is 18.2 Å². The lowest BCUT2D eigenvalue weighted by Gasteiger charge is -2.00. The van der Waals surface area contributed by atoms with Crippen LogP contribution in [0.5, 0.6) is 0 Å². The molecule has 1 aliphatic rings. The summed E-state index contributed by atoms with van der Waals surface area (Å²) in [7, 11) is 0. The van der Waals surface area contributed by atoms with E-state index in [4.69, 9.17) is 20.4 Å². The summed E-state index contributed by atoms with van der Waals surface area (Å²) >= 11 is 0. The third kappa shape index (κ3) is 10.8. The standard InChI is InChI=1S/C9H15NO.C2H4O2/c10-6-8-11-7-5-9-3-1-2-4-9;1-2(3)4/h1,3-4H,2,5-8,10H2;1H3,(H,3,4). The summed E-state index contributed by atoms with van der Waals surface area (Å²) in [5, 5.41) is 7.42. The van der Waals surface area contributed by atoms with E-state index in [-0.39, 0.29) is 0 Å². The molecule has 86 valence electrons. The van der Waals surface area contributed by atoms with Crippen LogP contribution in [0.15, 0.2) is 23.8 Å². The van der Waals surface area contributed by atoms with Gasteiger partial charge in [0.2, 0.25) is 0 Å². The topological polar surface area (TPSA) is 72.5 Å². The second kappa shape index (κ2) is 9.43. The van der Waals surface area contributed by atoms with Gasteiger partial charge in [-0.2, -0.15) is 0 Å². The molecule has 0 radical (unpaired) electrons. The van der Waals surface area contributed by atoms with E-state index in [1.165, 1.54) is 5.57 Å². The van der Waals surface area contributed by atoms with Crippen molar-refractivity contribution >= 4 is 5.97 Å². The van der Waals surface area contributed by atoms with Crippen LogP contribution in [0.1, 0.15) is 19.8 Å². The fourth-order valence-corrected chi connectivity index (χ4v) is 1.07. The Kier molecular flexibility index (Phi) is 8.72. The van der Waals surface area contributed by atoms with E-state index < -0.39 is 5.97 Å². The molecule has 15 heavy (non-hydrogen) atoms. The number of nitrogens with two attached hydrogens (primary N) is 1. The monoisotopic (exact) mass is 213 g/mol. The van der Waals surface area contributed by atoms with E-state index in [2.05, 4.69) is 18.2 Å². The maximum atomic E-state index is 9.00. The molecule has 0 unspecified atom stereocenters. The fraction of sp³-hybridized carbons (Fsp3) is 0.545. The highest BCUT2D eigenvalue weighted by atomic mass is 16.5. The molecule has 3 N–H and O–H groups in total. The van der Waals surface area contributed by atoms with E-state index in [1.807, 2.05) is 0 Å². The zero-order chi connectivity index (χ0) is 11.5. The van der Waals surface area contributed by atoms with Gasteiger partial charge in [0.05, 0.1) is 13.2 Å². The first-order valence-electron chi connectivity index (χ1n) is 4.99. The summed E-state index contributed by atoms with van der Waals surface area (Å²) in [6.45, 7) is 3.18. The second-order valence-corrected chi connectivity index (χ2v) is 3.09. The van der Waals surface area contributed by atoms with Gasteiger partial charge in [-0.15, -0.1) is 0 Å². The summed E-state index contributed by atoms with van der Waals surface area (Å²) in [6, 6.07) is 0. The molecule has 4 heteroatoms. The zero-order valence-electron chi connectivity index (χ0n) is 9.11. The maximum absolute atomic E-state index is 9.00. The quantitative estimate of drug-likeness (QED) is 0.676. The molecule has 0 amide bonds. The average Bonchev–Trinajstić information content (AvgIpc) is 2.64. The predicted molar refractivity (Wildman–Crippen MR) is 59.6 cm³/mol. The number of ether oxygens (including phenoxy) is 1. The molecule has 0 heterocycles. The lowest BCUT2D eigenvalue weighted by atomic mass is 10.2. The Morgan fingerprint density at radius 3 is 2.73 bits per heavy atom. The van der Waals surface area contributed by atoms with Crippen molar-refractivity contribution < 1.29 is 14.6 Å². The van der Waals surface area contributed by atoms with Crippen molar-refractivity contribution in [3.8, 4) is 0 Å². The van der Waals surface area contributed by atoms with Crippen LogP contribution >= 0.6 is 0 Å². The number of aliphatic carboxylic acids is 1. The number of carboxylic acid groups (broad SMARTS) is 1. The Hall–Kier alpha value is -1.13. The minimum Gasteiger partial charge on any atom is -0.481 e. The highest BCUT2D eigenvalue weighted by Crippen LogP contribution is 2.11. The summed E-state index contributed by atoms with van der Waals surface area (Å²) in [5.41, 5.74) is 6.66. The Bertz CT molecular complexity index is 230.